The first-order valence-corrected chi connectivity index (χ1v) is 8.14. The second-order valence-electron chi connectivity index (χ2n) is 6.31. The van der Waals surface area contributed by atoms with Gasteiger partial charge in [-0.25, -0.2) is 0 Å². The van der Waals surface area contributed by atoms with Crippen molar-refractivity contribution in [1.82, 2.24) is 14.8 Å². The van der Waals surface area contributed by atoms with Crippen molar-refractivity contribution in [2.45, 2.75) is 32.5 Å². The summed E-state index contributed by atoms with van der Waals surface area (Å²) in [6.07, 6.45) is 3.34. The van der Waals surface area contributed by atoms with E-state index in [2.05, 4.69) is 48.0 Å². The van der Waals surface area contributed by atoms with Crippen molar-refractivity contribution in [2.24, 2.45) is 0 Å². The van der Waals surface area contributed by atoms with Gasteiger partial charge in [0.25, 0.3) is 5.91 Å². The maximum Gasteiger partial charge on any atom is 0.255 e. The Hall–Kier alpha value is -2.20. The van der Waals surface area contributed by atoms with Crippen LogP contribution in [-0.2, 0) is 6.54 Å². The summed E-state index contributed by atoms with van der Waals surface area (Å²) in [4.78, 5) is 21.1. The normalized spacial score (nSPS) is 22.1. The van der Waals surface area contributed by atoms with E-state index >= 15 is 0 Å². The number of hydrogen-bond donors (Lipinski definition) is 0. The van der Waals surface area contributed by atoms with Gasteiger partial charge in [0, 0.05) is 44.1 Å². The van der Waals surface area contributed by atoms with E-state index in [9.17, 15) is 4.79 Å². The Balaban J connectivity index is 1.68. The Bertz CT molecular complexity index is 632. The largest absolute Gasteiger partial charge is 0.335 e. The van der Waals surface area contributed by atoms with Crippen LogP contribution in [0, 0.1) is 0 Å². The van der Waals surface area contributed by atoms with Gasteiger partial charge in [0.05, 0.1) is 5.56 Å². The molecule has 0 spiro atoms. The molecule has 1 amide bonds. The number of carbonyl (C=O) groups excluding carboxylic acids is 1. The molecule has 23 heavy (non-hydrogen) atoms. The SMILES string of the molecule is CC1CN(C(=O)c2cccnc2)CC(C)N1Cc1ccccc1. The number of hydrogen-bond acceptors (Lipinski definition) is 3. The van der Waals surface area contributed by atoms with Gasteiger partial charge in [-0.05, 0) is 31.5 Å². The highest BCUT2D eigenvalue weighted by atomic mass is 16.2. The first-order chi connectivity index (χ1) is 11.1. The topological polar surface area (TPSA) is 36.4 Å². The number of nitrogens with zero attached hydrogens (tertiary/aromatic N) is 3. The standard InChI is InChI=1S/C19H23N3O/c1-15-12-21(19(23)18-9-6-10-20-11-18)13-16(2)22(15)14-17-7-4-3-5-8-17/h3-11,15-16H,12-14H2,1-2H3. The molecule has 0 bridgehead atoms. The van der Waals surface area contributed by atoms with Crippen LogP contribution in [0.15, 0.2) is 54.9 Å². The van der Waals surface area contributed by atoms with E-state index in [0.717, 1.165) is 19.6 Å². The van der Waals surface area contributed by atoms with E-state index in [-0.39, 0.29) is 5.91 Å². The van der Waals surface area contributed by atoms with Gasteiger partial charge in [0.1, 0.15) is 0 Å². The van der Waals surface area contributed by atoms with Gasteiger partial charge in [-0.3, -0.25) is 14.7 Å². The summed E-state index contributed by atoms with van der Waals surface area (Å²) in [5, 5.41) is 0. The highest BCUT2D eigenvalue weighted by Crippen LogP contribution is 2.20. The highest BCUT2D eigenvalue weighted by molar-refractivity contribution is 5.94. The number of rotatable bonds is 3. The number of carbonyl (C=O) groups is 1. The molecule has 4 heteroatoms. The lowest BCUT2D eigenvalue weighted by molar-refractivity contribution is 0.0269. The summed E-state index contributed by atoms with van der Waals surface area (Å²) in [6, 6.07) is 14.8. The van der Waals surface area contributed by atoms with Crippen LogP contribution in [0.3, 0.4) is 0 Å². The first kappa shape index (κ1) is 15.7. The quantitative estimate of drug-likeness (QED) is 0.875. The molecule has 2 unspecified atom stereocenters. The molecule has 1 aliphatic heterocycles. The Morgan fingerprint density at radius 3 is 2.39 bits per heavy atom. The monoisotopic (exact) mass is 309 g/mol. The van der Waals surface area contributed by atoms with E-state index in [1.54, 1.807) is 12.4 Å². The zero-order valence-electron chi connectivity index (χ0n) is 13.7. The van der Waals surface area contributed by atoms with Crippen LogP contribution in [0.5, 0.6) is 0 Å². The average Bonchev–Trinajstić information content (AvgIpc) is 2.59. The smallest absolute Gasteiger partial charge is 0.255 e. The maximum absolute atomic E-state index is 12.6. The third-order valence-electron chi connectivity index (χ3n) is 4.51. The van der Waals surface area contributed by atoms with Crippen LogP contribution >= 0.6 is 0 Å². The molecule has 0 saturated carbocycles. The molecule has 2 heterocycles. The van der Waals surface area contributed by atoms with E-state index in [0.29, 0.717) is 17.6 Å². The summed E-state index contributed by atoms with van der Waals surface area (Å²) in [5.74, 6) is 0.0798. The lowest BCUT2D eigenvalue weighted by Gasteiger charge is -2.44. The Morgan fingerprint density at radius 2 is 1.78 bits per heavy atom. The molecule has 1 saturated heterocycles. The molecule has 4 nitrogen and oxygen atoms in total. The lowest BCUT2D eigenvalue weighted by atomic mass is 10.0. The Kier molecular flexibility index (Phi) is 4.72. The van der Waals surface area contributed by atoms with Crippen molar-refractivity contribution in [3.8, 4) is 0 Å². The van der Waals surface area contributed by atoms with Gasteiger partial charge >= 0.3 is 0 Å². The van der Waals surface area contributed by atoms with Gasteiger partial charge in [-0.15, -0.1) is 0 Å². The molecule has 2 aromatic rings. The fourth-order valence-electron chi connectivity index (χ4n) is 3.30. The summed E-state index contributed by atoms with van der Waals surface area (Å²) >= 11 is 0. The number of pyridine rings is 1. The second kappa shape index (κ2) is 6.92. The molecule has 0 aliphatic carbocycles. The molecule has 3 rings (SSSR count). The van der Waals surface area contributed by atoms with Crippen LogP contribution in [0.25, 0.3) is 0 Å². The van der Waals surface area contributed by atoms with E-state index in [1.165, 1.54) is 5.56 Å². The van der Waals surface area contributed by atoms with Gasteiger partial charge < -0.3 is 4.90 Å². The van der Waals surface area contributed by atoms with E-state index in [1.807, 2.05) is 23.1 Å². The van der Waals surface area contributed by atoms with Crippen LogP contribution in [0.4, 0.5) is 0 Å². The van der Waals surface area contributed by atoms with Crippen LogP contribution in [0.2, 0.25) is 0 Å². The molecular formula is C19H23N3O. The second-order valence-corrected chi connectivity index (χ2v) is 6.31. The van der Waals surface area contributed by atoms with E-state index in [4.69, 9.17) is 0 Å². The van der Waals surface area contributed by atoms with Crippen LogP contribution in [-0.4, -0.2) is 45.9 Å². The van der Waals surface area contributed by atoms with Crippen molar-refractivity contribution in [3.05, 3.63) is 66.0 Å². The van der Waals surface area contributed by atoms with Gasteiger partial charge in [0.15, 0.2) is 0 Å². The molecule has 0 N–H and O–H groups in total. The zero-order chi connectivity index (χ0) is 16.2. The fourth-order valence-corrected chi connectivity index (χ4v) is 3.30. The predicted octanol–water partition coefficient (Wildman–Crippen LogP) is 2.82. The molecule has 1 fully saturated rings. The molecule has 1 aliphatic rings. The molecule has 0 radical (unpaired) electrons. The third kappa shape index (κ3) is 3.59. The Morgan fingerprint density at radius 1 is 1.09 bits per heavy atom. The van der Waals surface area contributed by atoms with Crippen LogP contribution < -0.4 is 0 Å². The minimum atomic E-state index is 0.0798. The van der Waals surface area contributed by atoms with Gasteiger partial charge in [-0.2, -0.15) is 0 Å². The number of benzene rings is 1. The van der Waals surface area contributed by atoms with Crippen molar-refractivity contribution in [3.63, 3.8) is 0 Å². The molecule has 1 aromatic carbocycles. The summed E-state index contributed by atoms with van der Waals surface area (Å²) in [7, 11) is 0. The zero-order valence-corrected chi connectivity index (χ0v) is 13.7. The summed E-state index contributed by atoms with van der Waals surface area (Å²) in [6.45, 7) is 6.83. The third-order valence-corrected chi connectivity index (χ3v) is 4.51. The number of amides is 1. The number of aromatic nitrogens is 1. The maximum atomic E-state index is 12.6. The van der Waals surface area contributed by atoms with Crippen molar-refractivity contribution < 1.29 is 4.79 Å². The number of piperazine rings is 1. The fraction of sp³-hybridized carbons (Fsp3) is 0.368. The molecule has 120 valence electrons. The highest BCUT2D eigenvalue weighted by Gasteiger charge is 2.32. The summed E-state index contributed by atoms with van der Waals surface area (Å²) < 4.78 is 0. The molecule has 2 atom stereocenters. The van der Waals surface area contributed by atoms with E-state index < -0.39 is 0 Å². The molecular weight excluding hydrogens is 286 g/mol. The van der Waals surface area contributed by atoms with Crippen molar-refractivity contribution in [1.29, 1.82) is 0 Å². The van der Waals surface area contributed by atoms with Crippen molar-refractivity contribution >= 4 is 5.91 Å². The first-order valence-electron chi connectivity index (χ1n) is 8.14. The average molecular weight is 309 g/mol. The molecule has 1 aromatic heterocycles. The minimum Gasteiger partial charge on any atom is -0.335 e. The lowest BCUT2D eigenvalue weighted by Crippen LogP contribution is -2.57. The van der Waals surface area contributed by atoms with Crippen molar-refractivity contribution in [2.75, 3.05) is 13.1 Å². The Labute approximate surface area is 137 Å². The minimum absolute atomic E-state index is 0.0798. The predicted molar refractivity (Wildman–Crippen MR) is 91.0 cm³/mol. The van der Waals surface area contributed by atoms with Crippen LogP contribution in [0.1, 0.15) is 29.8 Å². The summed E-state index contributed by atoms with van der Waals surface area (Å²) in [5.41, 5.74) is 1.99. The van der Waals surface area contributed by atoms with Gasteiger partial charge in [-0.1, -0.05) is 30.3 Å². The van der Waals surface area contributed by atoms with Gasteiger partial charge in [0.2, 0.25) is 0 Å².